The van der Waals surface area contributed by atoms with Gasteiger partial charge >= 0.3 is 0 Å². The number of aliphatic hydroxyl groups is 1. The van der Waals surface area contributed by atoms with E-state index in [1.165, 1.54) is 16.2 Å². The Morgan fingerprint density at radius 3 is 2.90 bits per heavy atom. The van der Waals surface area contributed by atoms with Crippen LogP contribution in [-0.2, 0) is 5.75 Å². The van der Waals surface area contributed by atoms with Gasteiger partial charge in [-0.05, 0) is 28.5 Å². The summed E-state index contributed by atoms with van der Waals surface area (Å²) in [5, 5.41) is 13.9. The highest BCUT2D eigenvalue weighted by atomic mass is 32.2. The zero-order valence-corrected chi connectivity index (χ0v) is 12.1. The molecule has 1 aliphatic heterocycles. The monoisotopic (exact) mass is 302 g/mol. The standard InChI is InChI=1S/C16H11FOS2/c17-13-3-1-2-10-12(13)8-20-16-11(14(10)18)5-4-9-6-7-19-15(9)16/h1-7,14,18H,8H2. The van der Waals surface area contributed by atoms with E-state index in [4.69, 9.17) is 0 Å². The first kappa shape index (κ1) is 12.4. The van der Waals surface area contributed by atoms with Gasteiger partial charge in [0.15, 0.2) is 0 Å². The van der Waals surface area contributed by atoms with Crippen LogP contribution >= 0.6 is 23.1 Å². The lowest BCUT2D eigenvalue weighted by atomic mass is 9.97. The molecule has 2 aromatic carbocycles. The van der Waals surface area contributed by atoms with Crippen molar-refractivity contribution in [2.75, 3.05) is 0 Å². The highest BCUT2D eigenvalue weighted by Gasteiger charge is 2.25. The van der Waals surface area contributed by atoms with E-state index in [2.05, 4.69) is 11.4 Å². The molecule has 0 spiro atoms. The van der Waals surface area contributed by atoms with Crippen LogP contribution in [0.1, 0.15) is 22.8 Å². The largest absolute Gasteiger partial charge is 0.384 e. The van der Waals surface area contributed by atoms with Gasteiger partial charge in [-0.25, -0.2) is 4.39 Å². The second kappa shape index (κ2) is 4.58. The predicted octanol–water partition coefficient (Wildman–Crippen LogP) is 4.73. The highest BCUT2D eigenvalue weighted by molar-refractivity contribution is 7.99. The third kappa shape index (κ3) is 1.72. The summed E-state index contributed by atoms with van der Waals surface area (Å²) in [6.45, 7) is 0. The van der Waals surface area contributed by atoms with Crippen molar-refractivity contribution in [2.45, 2.75) is 16.8 Å². The topological polar surface area (TPSA) is 20.2 Å². The molecule has 0 fully saturated rings. The summed E-state index contributed by atoms with van der Waals surface area (Å²) >= 11 is 3.29. The van der Waals surface area contributed by atoms with Crippen LogP contribution in [-0.4, -0.2) is 5.11 Å². The minimum Gasteiger partial charge on any atom is -0.384 e. The van der Waals surface area contributed by atoms with Gasteiger partial charge in [0.05, 0.1) is 0 Å². The average Bonchev–Trinajstić information content (AvgIpc) is 2.88. The van der Waals surface area contributed by atoms with E-state index in [1.54, 1.807) is 29.2 Å². The molecule has 1 aromatic heterocycles. The van der Waals surface area contributed by atoms with Gasteiger partial charge in [0, 0.05) is 26.5 Å². The summed E-state index contributed by atoms with van der Waals surface area (Å²) in [5.41, 5.74) is 2.19. The first-order valence-corrected chi connectivity index (χ1v) is 8.20. The predicted molar refractivity (Wildman–Crippen MR) is 81.8 cm³/mol. The fourth-order valence-electron chi connectivity index (χ4n) is 2.68. The third-order valence-electron chi connectivity index (χ3n) is 3.71. The number of hydrogen-bond acceptors (Lipinski definition) is 3. The molecule has 2 heterocycles. The Kier molecular flexibility index (Phi) is 2.84. The van der Waals surface area contributed by atoms with Gasteiger partial charge < -0.3 is 5.11 Å². The first-order valence-electron chi connectivity index (χ1n) is 6.34. The Morgan fingerprint density at radius 1 is 1.10 bits per heavy atom. The number of benzene rings is 2. The molecule has 4 heteroatoms. The molecule has 4 rings (SSSR count). The van der Waals surface area contributed by atoms with E-state index in [0.717, 1.165) is 10.5 Å². The summed E-state index contributed by atoms with van der Waals surface area (Å²) in [6, 6.07) is 11.0. The fraction of sp³-hybridized carbons (Fsp3) is 0.125. The molecular formula is C16H11FOS2. The van der Waals surface area contributed by atoms with Gasteiger partial charge in [0.2, 0.25) is 0 Å². The van der Waals surface area contributed by atoms with Crippen molar-refractivity contribution < 1.29 is 9.50 Å². The fourth-order valence-corrected chi connectivity index (χ4v) is 5.04. The van der Waals surface area contributed by atoms with Crippen molar-refractivity contribution in [3.63, 3.8) is 0 Å². The molecule has 20 heavy (non-hydrogen) atoms. The van der Waals surface area contributed by atoms with Crippen molar-refractivity contribution in [1.82, 2.24) is 0 Å². The summed E-state index contributed by atoms with van der Waals surface area (Å²) in [5.74, 6) is 0.326. The van der Waals surface area contributed by atoms with Crippen molar-refractivity contribution >= 4 is 33.2 Å². The van der Waals surface area contributed by atoms with Crippen LogP contribution in [0.15, 0.2) is 46.7 Å². The normalized spacial score (nSPS) is 17.6. The van der Waals surface area contributed by atoms with Crippen LogP contribution in [0.4, 0.5) is 4.39 Å². The maximum Gasteiger partial charge on any atom is 0.127 e. The number of rotatable bonds is 0. The van der Waals surface area contributed by atoms with Crippen LogP contribution in [0.5, 0.6) is 0 Å². The third-order valence-corrected chi connectivity index (χ3v) is 5.95. The van der Waals surface area contributed by atoms with E-state index >= 15 is 0 Å². The zero-order valence-electron chi connectivity index (χ0n) is 10.5. The van der Waals surface area contributed by atoms with Gasteiger partial charge in [0.25, 0.3) is 0 Å². The van der Waals surface area contributed by atoms with E-state index in [-0.39, 0.29) is 5.82 Å². The molecule has 0 bridgehead atoms. The second-order valence-corrected chi connectivity index (χ2v) is 6.72. The summed E-state index contributed by atoms with van der Waals surface area (Å²) in [6.07, 6.45) is -0.753. The second-order valence-electron chi connectivity index (χ2n) is 4.82. The molecule has 100 valence electrons. The number of fused-ring (bicyclic) bond motifs is 4. The Labute approximate surface area is 124 Å². The Morgan fingerprint density at radius 2 is 2.00 bits per heavy atom. The van der Waals surface area contributed by atoms with Crippen molar-refractivity contribution in [3.8, 4) is 0 Å². The van der Waals surface area contributed by atoms with Crippen molar-refractivity contribution in [1.29, 1.82) is 0 Å². The van der Waals surface area contributed by atoms with Gasteiger partial charge in [-0.2, -0.15) is 0 Å². The minimum absolute atomic E-state index is 0.232. The van der Waals surface area contributed by atoms with Crippen LogP contribution < -0.4 is 0 Å². The molecule has 1 unspecified atom stereocenters. The Bertz CT molecular complexity index is 809. The molecule has 1 N–H and O–H groups in total. The lowest BCUT2D eigenvalue weighted by Gasteiger charge is -2.14. The Hall–Kier alpha value is -1.36. The molecule has 0 saturated heterocycles. The van der Waals surface area contributed by atoms with Gasteiger partial charge in [-0.3, -0.25) is 0 Å². The number of hydrogen-bond donors (Lipinski definition) is 1. The maximum absolute atomic E-state index is 14.0. The van der Waals surface area contributed by atoms with E-state index < -0.39 is 6.10 Å². The average molecular weight is 302 g/mol. The van der Waals surface area contributed by atoms with Crippen molar-refractivity contribution in [3.05, 3.63) is 64.3 Å². The van der Waals surface area contributed by atoms with Crippen LogP contribution in [0.3, 0.4) is 0 Å². The summed E-state index contributed by atoms with van der Waals surface area (Å²) < 4.78 is 15.2. The lowest BCUT2D eigenvalue weighted by Crippen LogP contribution is -2.03. The molecule has 1 aliphatic rings. The van der Waals surface area contributed by atoms with Crippen LogP contribution in [0.25, 0.3) is 10.1 Å². The van der Waals surface area contributed by atoms with Crippen LogP contribution in [0.2, 0.25) is 0 Å². The Balaban J connectivity index is 1.99. The highest BCUT2D eigenvalue weighted by Crippen LogP contribution is 2.44. The minimum atomic E-state index is -0.753. The summed E-state index contributed by atoms with van der Waals surface area (Å²) in [7, 11) is 0. The molecule has 0 aliphatic carbocycles. The molecular weight excluding hydrogens is 291 g/mol. The van der Waals surface area contributed by atoms with Gasteiger partial charge in [-0.15, -0.1) is 23.1 Å². The lowest BCUT2D eigenvalue weighted by molar-refractivity contribution is 0.217. The first-order chi connectivity index (χ1) is 9.75. The van der Waals surface area contributed by atoms with Crippen LogP contribution in [0, 0.1) is 5.82 Å². The molecule has 0 amide bonds. The molecule has 3 aromatic rings. The zero-order chi connectivity index (χ0) is 13.7. The summed E-state index contributed by atoms with van der Waals surface area (Å²) in [4.78, 5) is 1.08. The number of thioether (sulfide) groups is 1. The van der Waals surface area contributed by atoms with Gasteiger partial charge in [0.1, 0.15) is 11.9 Å². The quantitative estimate of drug-likeness (QED) is 0.648. The van der Waals surface area contributed by atoms with E-state index in [9.17, 15) is 9.50 Å². The van der Waals surface area contributed by atoms with E-state index in [0.29, 0.717) is 16.9 Å². The maximum atomic E-state index is 14.0. The van der Waals surface area contributed by atoms with Crippen molar-refractivity contribution in [2.24, 2.45) is 0 Å². The van der Waals surface area contributed by atoms with Gasteiger partial charge in [-0.1, -0.05) is 24.3 Å². The number of thiophene rings is 1. The molecule has 1 atom stereocenters. The number of halogens is 1. The SMILES string of the molecule is OC1c2cccc(F)c2CSc2c1ccc1ccsc21. The molecule has 0 saturated carbocycles. The smallest absolute Gasteiger partial charge is 0.127 e. The molecule has 0 radical (unpaired) electrons. The molecule has 1 nitrogen and oxygen atoms in total. The number of aliphatic hydroxyl groups excluding tert-OH is 1. The van der Waals surface area contributed by atoms with E-state index in [1.807, 2.05) is 18.2 Å².